The number of fused-ring (bicyclic) bond motifs is 1. The molecule has 1 unspecified atom stereocenters. The topological polar surface area (TPSA) is 50.3 Å². The Labute approximate surface area is 122 Å². The van der Waals surface area contributed by atoms with Gasteiger partial charge in [-0.1, -0.05) is 0 Å². The summed E-state index contributed by atoms with van der Waals surface area (Å²) in [5.74, 6) is 0. The van der Waals surface area contributed by atoms with Gasteiger partial charge in [-0.05, 0) is 39.0 Å². The Morgan fingerprint density at radius 3 is 2.79 bits per heavy atom. The molecule has 106 valence electrons. The lowest BCUT2D eigenvalue weighted by Crippen LogP contribution is -2.38. The van der Waals surface area contributed by atoms with E-state index in [9.17, 15) is 8.42 Å². The van der Waals surface area contributed by atoms with Gasteiger partial charge in [0, 0.05) is 11.9 Å². The summed E-state index contributed by atoms with van der Waals surface area (Å²) < 4.78 is 25.5. The number of nitrogens with zero attached hydrogens (tertiary/aromatic N) is 2. The average molecular weight is 321 g/mol. The quantitative estimate of drug-likeness (QED) is 0.805. The van der Waals surface area contributed by atoms with E-state index in [0.717, 1.165) is 34.8 Å². The Balaban J connectivity index is 1.95. The molecule has 7 heteroatoms. The Kier molecular flexibility index (Phi) is 3.20. The summed E-state index contributed by atoms with van der Waals surface area (Å²) in [6.45, 7) is 1.97. The van der Waals surface area contributed by atoms with Crippen molar-refractivity contribution in [2.24, 2.45) is 0 Å². The number of sulfonamides is 1. The molecule has 0 aromatic carbocycles. The van der Waals surface area contributed by atoms with Gasteiger partial charge in [0.25, 0.3) is 0 Å². The van der Waals surface area contributed by atoms with E-state index >= 15 is 0 Å². The Hall–Kier alpha value is -0.170. The minimum atomic E-state index is -3.42. The highest BCUT2D eigenvalue weighted by molar-refractivity contribution is 7.92. The molecule has 1 atom stereocenters. The van der Waals surface area contributed by atoms with E-state index < -0.39 is 14.2 Å². The first-order valence-corrected chi connectivity index (χ1v) is 9.11. The first kappa shape index (κ1) is 13.8. The standard InChI is InChI=1S/C12H17ClN2O2S2/c1-8-14-9-4-3-5-10(11(9)18-8)15(2)19(16,17)12(13)6-7-12/h10H,3-7H2,1-2H3. The van der Waals surface area contributed by atoms with Crippen molar-refractivity contribution in [1.29, 1.82) is 0 Å². The van der Waals surface area contributed by atoms with E-state index in [2.05, 4.69) is 4.98 Å². The fourth-order valence-corrected chi connectivity index (χ4v) is 5.97. The lowest BCUT2D eigenvalue weighted by molar-refractivity contribution is 0.339. The van der Waals surface area contributed by atoms with E-state index in [0.29, 0.717) is 12.8 Å². The molecular formula is C12H17ClN2O2S2. The van der Waals surface area contributed by atoms with Crippen LogP contribution in [0.25, 0.3) is 0 Å². The van der Waals surface area contributed by atoms with Gasteiger partial charge in [0.05, 0.1) is 16.7 Å². The third-order valence-corrected chi connectivity index (χ3v) is 8.37. The van der Waals surface area contributed by atoms with Crippen LogP contribution in [0.2, 0.25) is 0 Å². The summed E-state index contributed by atoms with van der Waals surface area (Å²) in [6.07, 6.45) is 3.91. The molecule has 2 aliphatic rings. The third-order valence-electron chi connectivity index (χ3n) is 3.95. The molecule has 19 heavy (non-hydrogen) atoms. The number of hydrogen-bond donors (Lipinski definition) is 0. The highest BCUT2D eigenvalue weighted by atomic mass is 35.5. The smallest absolute Gasteiger partial charge is 0.234 e. The summed E-state index contributed by atoms with van der Waals surface area (Å²) in [4.78, 5) is 5.61. The maximum Gasteiger partial charge on any atom is 0.234 e. The zero-order valence-electron chi connectivity index (χ0n) is 11.0. The van der Waals surface area contributed by atoms with E-state index in [1.54, 1.807) is 18.4 Å². The highest BCUT2D eigenvalue weighted by Gasteiger charge is 2.56. The van der Waals surface area contributed by atoms with Crippen LogP contribution in [0.4, 0.5) is 0 Å². The Morgan fingerprint density at radius 2 is 2.16 bits per heavy atom. The van der Waals surface area contributed by atoms with Crippen LogP contribution in [-0.4, -0.2) is 29.0 Å². The van der Waals surface area contributed by atoms with E-state index in [1.165, 1.54) is 4.31 Å². The van der Waals surface area contributed by atoms with Crippen LogP contribution < -0.4 is 0 Å². The summed E-state index contributed by atoms with van der Waals surface area (Å²) in [6, 6.07) is -0.0869. The number of aromatic nitrogens is 1. The molecule has 0 spiro atoms. The minimum Gasteiger partial charge on any atom is -0.246 e. The van der Waals surface area contributed by atoms with Crippen LogP contribution in [0.1, 0.15) is 47.3 Å². The molecule has 0 aliphatic heterocycles. The molecule has 0 N–H and O–H groups in total. The van der Waals surface area contributed by atoms with E-state index in [-0.39, 0.29) is 6.04 Å². The maximum absolute atomic E-state index is 12.5. The van der Waals surface area contributed by atoms with Crippen molar-refractivity contribution in [3.63, 3.8) is 0 Å². The molecule has 0 amide bonds. The van der Waals surface area contributed by atoms with Crippen molar-refractivity contribution in [2.45, 2.75) is 49.3 Å². The Bertz CT molecular complexity index is 607. The predicted octanol–water partition coefficient (Wildman–Crippen LogP) is 2.82. The number of rotatable bonds is 3. The molecule has 4 nitrogen and oxygen atoms in total. The molecule has 1 heterocycles. The van der Waals surface area contributed by atoms with Gasteiger partial charge in [-0.25, -0.2) is 13.4 Å². The van der Waals surface area contributed by atoms with E-state index in [4.69, 9.17) is 11.6 Å². The third kappa shape index (κ3) is 2.13. The largest absolute Gasteiger partial charge is 0.246 e. The zero-order valence-corrected chi connectivity index (χ0v) is 13.4. The van der Waals surface area contributed by atoms with Gasteiger partial charge < -0.3 is 0 Å². The van der Waals surface area contributed by atoms with Crippen LogP contribution in [0, 0.1) is 6.92 Å². The molecule has 2 aliphatic carbocycles. The zero-order chi connectivity index (χ0) is 13.8. The van der Waals surface area contributed by atoms with Gasteiger partial charge in [-0.3, -0.25) is 0 Å². The maximum atomic E-state index is 12.5. The normalized spacial score (nSPS) is 25.4. The summed E-state index contributed by atoms with van der Waals surface area (Å²) >= 11 is 7.75. The predicted molar refractivity (Wildman–Crippen MR) is 77.0 cm³/mol. The SMILES string of the molecule is Cc1nc2c(s1)C(N(C)S(=O)(=O)C1(Cl)CC1)CCC2. The molecule has 1 fully saturated rings. The number of thiazole rings is 1. The summed E-state index contributed by atoms with van der Waals surface area (Å²) in [7, 11) is -1.76. The van der Waals surface area contributed by atoms with Gasteiger partial charge in [0.2, 0.25) is 10.0 Å². The second-order valence-corrected chi connectivity index (χ2v) is 9.85. The molecule has 3 rings (SSSR count). The Morgan fingerprint density at radius 1 is 1.47 bits per heavy atom. The van der Waals surface area contributed by atoms with Crippen molar-refractivity contribution in [1.82, 2.24) is 9.29 Å². The van der Waals surface area contributed by atoms with Crippen LogP contribution >= 0.6 is 22.9 Å². The van der Waals surface area contributed by atoms with Crippen LogP contribution in [0.5, 0.6) is 0 Å². The monoisotopic (exact) mass is 320 g/mol. The van der Waals surface area contributed by atoms with Crippen molar-refractivity contribution in [2.75, 3.05) is 7.05 Å². The van der Waals surface area contributed by atoms with Crippen molar-refractivity contribution in [3.8, 4) is 0 Å². The van der Waals surface area contributed by atoms with Crippen molar-refractivity contribution >= 4 is 33.0 Å². The molecule has 0 bridgehead atoms. The average Bonchev–Trinajstić information content (AvgIpc) is 2.99. The van der Waals surface area contributed by atoms with E-state index in [1.807, 2.05) is 6.92 Å². The number of hydrogen-bond acceptors (Lipinski definition) is 4. The molecule has 1 saturated carbocycles. The van der Waals surface area contributed by atoms with Gasteiger partial charge >= 0.3 is 0 Å². The second kappa shape index (κ2) is 4.41. The number of alkyl halides is 1. The van der Waals surface area contributed by atoms with Gasteiger partial charge in [0.15, 0.2) is 4.21 Å². The summed E-state index contributed by atoms with van der Waals surface area (Å²) in [5.41, 5.74) is 1.07. The van der Waals surface area contributed by atoms with Gasteiger partial charge in [0.1, 0.15) is 0 Å². The van der Waals surface area contributed by atoms with Crippen LogP contribution in [0.3, 0.4) is 0 Å². The van der Waals surface area contributed by atoms with Crippen LogP contribution in [0.15, 0.2) is 0 Å². The van der Waals surface area contributed by atoms with Crippen molar-refractivity contribution < 1.29 is 8.42 Å². The second-order valence-electron chi connectivity index (χ2n) is 5.36. The van der Waals surface area contributed by atoms with Gasteiger partial charge in [-0.15, -0.1) is 22.9 Å². The molecular weight excluding hydrogens is 304 g/mol. The molecule has 1 aromatic heterocycles. The molecule has 0 saturated heterocycles. The van der Waals surface area contributed by atoms with Crippen molar-refractivity contribution in [3.05, 3.63) is 15.6 Å². The van der Waals surface area contributed by atoms with Gasteiger partial charge in [-0.2, -0.15) is 4.31 Å². The highest BCUT2D eigenvalue weighted by Crippen LogP contribution is 2.51. The fourth-order valence-electron chi connectivity index (χ4n) is 2.65. The molecule has 1 aromatic rings. The summed E-state index contributed by atoms with van der Waals surface area (Å²) in [5, 5.41) is 1.01. The number of aryl methyl sites for hydroxylation is 2. The first-order valence-electron chi connectivity index (χ1n) is 6.48. The lowest BCUT2D eigenvalue weighted by atomic mass is 9.98. The lowest BCUT2D eigenvalue weighted by Gasteiger charge is -2.31. The minimum absolute atomic E-state index is 0.0869. The van der Waals surface area contributed by atoms with Crippen LogP contribution in [-0.2, 0) is 16.4 Å². The fraction of sp³-hybridized carbons (Fsp3) is 0.750. The first-order chi connectivity index (χ1) is 8.85. The molecule has 0 radical (unpaired) electrons. The number of halogens is 1.